The Kier molecular flexibility index (Phi) is 5.37. The second kappa shape index (κ2) is 8.61. The maximum absolute atomic E-state index is 12.8. The number of benzene rings is 1. The van der Waals surface area contributed by atoms with Crippen LogP contribution in [0.2, 0.25) is 0 Å². The minimum Gasteiger partial charge on any atom is -0.461 e. The average molecular weight is 417 g/mol. The molecule has 0 bridgehead atoms. The molecular weight excluding hydrogens is 394 g/mol. The molecule has 3 aromatic heterocycles. The Morgan fingerprint density at radius 1 is 0.968 bits per heavy atom. The third kappa shape index (κ3) is 4.15. The normalized spacial score (nSPS) is 14.8. The first-order chi connectivity index (χ1) is 15.3. The van der Waals surface area contributed by atoms with Crippen LogP contribution in [0.1, 0.15) is 10.5 Å². The number of piperazine rings is 1. The van der Waals surface area contributed by atoms with Gasteiger partial charge in [-0.1, -0.05) is 35.5 Å². The van der Waals surface area contributed by atoms with Crippen LogP contribution in [0.15, 0.2) is 76.1 Å². The van der Waals surface area contributed by atoms with Gasteiger partial charge in [0.05, 0.1) is 6.26 Å². The highest BCUT2D eigenvalue weighted by Gasteiger charge is 2.25. The van der Waals surface area contributed by atoms with Gasteiger partial charge in [-0.3, -0.25) is 9.69 Å². The predicted molar refractivity (Wildman–Crippen MR) is 114 cm³/mol. The maximum atomic E-state index is 12.8. The Morgan fingerprint density at radius 2 is 1.81 bits per heavy atom. The highest BCUT2D eigenvalue weighted by molar-refractivity contribution is 5.93. The molecule has 1 amide bonds. The molecule has 8 nitrogen and oxygen atoms in total. The molecule has 0 saturated carbocycles. The predicted octanol–water partition coefficient (Wildman–Crippen LogP) is 3.26. The van der Waals surface area contributed by atoms with Crippen molar-refractivity contribution in [3.8, 4) is 22.9 Å². The van der Waals surface area contributed by atoms with Crippen LogP contribution in [0.5, 0.6) is 0 Å². The van der Waals surface area contributed by atoms with Crippen molar-refractivity contribution in [2.45, 2.75) is 6.54 Å². The van der Waals surface area contributed by atoms with E-state index in [0.717, 1.165) is 37.6 Å². The minimum absolute atomic E-state index is 0.109. The molecule has 31 heavy (non-hydrogen) atoms. The van der Waals surface area contributed by atoms with E-state index in [-0.39, 0.29) is 5.91 Å². The summed E-state index contributed by atoms with van der Waals surface area (Å²) >= 11 is 0. The van der Waals surface area contributed by atoms with Crippen molar-refractivity contribution in [1.29, 1.82) is 0 Å². The molecule has 1 saturated heterocycles. The van der Waals surface area contributed by atoms with Crippen molar-refractivity contribution in [1.82, 2.24) is 24.5 Å². The number of hydrogen-bond donors (Lipinski definition) is 0. The topological polar surface area (TPSA) is 80.5 Å². The Labute approximate surface area is 179 Å². The summed E-state index contributed by atoms with van der Waals surface area (Å²) in [5, 5.41) is 3.92. The Balaban J connectivity index is 1.15. The van der Waals surface area contributed by atoms with Crippen LogP contribution in [0.25, 0.3) is 22.9 Å². The molecule has 1 aliphatic heterocycles. The van der Waals surface area contributed by atoms with Crippen molar-refractivity contribution in [2.24, 2.45) is 0 Å². The number of hydrogen-bond acceptors (Lipinski definition) is 6. The first-order valence-electron chi connectivity index (χ1n) is 10.4. The number of carbonyl (C=O) groups is 1. The Bertz CT molecular complexity index is 1130. The fourth-order valence-corrected chi connectivity index (χ4v) is 3.83. The molecule has 0 aliphatic carbocycles. The van der Waals surface area contributed by atoms with E-state index in [9.17, 15) is 4.79 Å². The largest absolute Gasteiger partial charge is 0.461 e. The lowest BCUT2D eigenvalue weighted by Gasteiger charge is -2.34. The molecule has 1 aliphatic rings. The fraction of sp³-hybridized carbons (Fsp3) is 0.261. The van der Waals surface area contributed by atoms with Crippen LogP contribution in [0, 0.1) is 0 Å². The fourth-order valence-electron chi connectivity index (χ4n) is 3.83. The van der Waals surface area contributed by atoms with Gasteiger partial charge >= 0.3 is 0 Å². The summed E-state index contributed by atoms with van der Waals surface area (Å²) in [5.74, 6) is 1.89. The quantitative estimate of drug-likeness (QED) is 0.479. The highest BCUT2D eigenvalue weighted by Crippen LogP contribution is 2.21. The van der Waals surface area contributed by atoms with Crippen LogP contribution < -0.4 is 0 Å². The molecular formula is C23H23N5O3. The zero-order valence-electron chi connectivity index (χ0n) is 17.1. The van der Waals surface area contributed by atoms with Gasteiger partial charge in [-0.25, -0.2) is 4.98 Å². The van der Waals surface area contributed by atoms with Crippen LogP contribution in [-0.2, 0) is 6.54 Å². The summed E-state index contributed by atoms with van der Waals surface area (Å²) in [7, 11) is 0. The van der Waals surface area contributed by atoms with E-state index < -0.39 is 0 Å². The lowest BCUT2D eigenvalue weighted by molar-refractivity contribution is 0.0623. The summed E-state index contributed by atoms with van der Waals surface area (Å²) in [6.07, 6.45) is 5.42. The maximum Gasteiger partial charge on any atom is 0.276 e. The average Bonchev–Trinajstić information content (AvgIpc) is 3.59. The number of aromatic nitrogens is 3. The highest BCUT2D eigenvalue weighted by atomic mass is 16.5. The van der Waals surface area contributed by atoms with Gasteiger partial charge in [0, 0.05) is 63.3 Å². The number of rotatable bonds is 6. The third-order valence-electron chi connectivity index (χ3n) is 5.56. The second-order valence-electron chi connectivity index (χ2n) is 7.50. The van der Waals surface area contributed by atoms with Gasteiger partial charge in [0.2, 0.25) is 5.76 Å². The van der Waals surface area contributed by atoms with Crippen LogP contribution in [0.4, 0.5) is 0 Å². The second-order valence-corrected chi connectivity index (χ2v) is 7.50. The van der Waals surface area contributed by atoms with Gasteiger partial charge in [-0.2, -0.15) is 0 Å². The molecule has 0 radical (unpaired) electrons. The van der Waals surface area contributed by atoms with Gasteiger partial charge in [0.15, 0.2) is 11.5 Å². The van der Waals surface area contributed by atoms with E-state index in [1.165, 1.54) is 0 Å². The van der Waals surface area contributed by atoms with E-state index in [1.54, 1.807) is 24.5 Å². The third-order valence-corrected chi connectivity index (χ3v) is 5.56. The molecule has 0 unspecified atom stereocenters. The molecule has 0 spiro atoms. The summed E-state index contributed by atoms with van der Waals surface area (Å²) in [6.45, 7) is 4.74. The first-order valence-corrected chi connectivity index (χ1v) is 10.4. The van der Waals surface area contributed by atoms with Crippen molar-refractivity contribution >= 4 is 5.91 Å². The molecule has 0 N–H and O–H groups in total. The zero-order valence-corrected chi connectivity index (χ0v) is 17.1. The van der Waals surface area contributed by atoms with Crippen molar-refractivity contribution in [3.05, 3.63) is 72.9 Å². The van der Waals surface area contributed by atoms with Crippen molar-refractivity contribution in [3.63, 3.8) is 0 Å². The Morgan fingerprint density at radius 3 is 2.58 bits per heavy atom. The summed E-state index contributed by atoms with van der Waals surface area (Å²) < 4.78 is 12.7. The standard InChI is InChI=1S/C23H23N5O3/c29-23(19-17-21(31-25-19)20-7-4-16-30-20)28-14-11-26(12-15-28)10-13-27-9-8-24-22(27)18-5-2-1-3-6-18/h1-9,16-17H,10-15H2. The summed E-state index contributed by atoms with van der Waals surface area (Å²) in [5.41, 5.74) is 1.43. The molecule has 5 rings (SSSR count). The Hall–Kier alpha value is -3.65. The van der Waals surface area contributed by atoms with E-state index in [2.05, 4.69) is 31.7 Å². The molecule has 1 fully saturated rings. The smallest absolute Gasteiger partial charge is 0.276 e. The SMILES string of the molecule is O=C(c1cc(-c2ccco2)on1)N1CCN(CCn2ccnc2-c2ccccc2)CC1. The number of nitrogens with zero attached hydrogens (tertiary/aromatic N) is 5. The molecule has 8 heteroatoms. The van der Waals surface area contributed by atoms with Gasteiger partial charge in [-0.15, -0.1) is 0 Å². The summed E-state index contributed by atoms with van der Waals surface area (Å²) in [6, 6.07) is 15.4. The molecule has 158 valence electrons. The number of carbonyl (C=O) groups excluding carboxylic acids is 1. The minimum atomic E-state index is -0.109. The molecule has 0 atom stereocenters. The van der Waals surface area contributed by atoms with Gasteiger partial charge in [0.25, 0.3) is 5.91 Å². The molecule has 4 aromatic rings. The summed E-state index contributed by atoms with van der Waals surface area (Å²) in [4.78, 5) is 21.5. The van der Waals surface area contributed by atoms with E-state index in [1.807, 2.05) is 35.5 Å². The number of amides is 1. The van der Waals surface area contributed by atoms with Crippen LogP contribution >= 0.6 is 0 Å². The van der Waals surface area contributed by atoms with E-state index in [0.29, 0.717) is 30.3 Å². The van der Waals surface area contributed by atoms with Crippen LogP contribution in [-0.4, -0.2) is 63.1 Å². The van der Waals surface area contributed by atoms with Crippen LogP contribution in [0.3, 0.4) is 0 Å². The number of imidazole rings is 1. The monoisotopic (exact) mass is 417 g/mol. The van der Waals surface area contributed by atoms with Gasteiger partial charge in [-0.05, 0) is 12.1 Å². The van der Waals surface area contributed by atoms with E-state index >= 15 is 0 Å². The molecule has 4 heterocycles. The van der Waals surface area contributed by atoms with Crippen molar-refractivity contribution in [2.75, 3.05) is 32.7 Å². The van der Waals surface area contributed by atoms with E-state index in [4.69, 9.17) is 8.94 Å². The molecule has 1 aromatic carbocycles. The number of furan rings is 1. The van der Waals surface area contributed by atoms with Gasteiger partial charge < -0.3 is 18.4 Å². The van der Waals surface area contributed by atoms with Crippen molar-refractivity contribution < 1.29 is 13.7 Å². The lowest BCUT2D eigenvalue weighted by atomic mass is 10.2. The lowest BCUT2D eigenvalue weighted by Crippen LogP contribution is -2.49. The first kappa shape index (κ1) is 19.3. The zero-order chi connectivity index (χ0) is 21.0. The van der Waals surface area contributed by atoms with Gasteiger partial charge in [0.1, 0.15) is 5.82 Å².